The second-order valence-electron chi connectivity index (χ2n) is 5.59. The molecule has 0 bridgehead atoms. The molecule has 1 heterocycles. The van der Waals surface area contributed by atoms with Crippen LogP contribution in [0.5, 0.6) is 0 Å². The zero-order valence-corrected chi connectivity index (χ0v) is 12.9. The third-order valence-electron chi connectivity index (χ3n) is 3.74. The third kappa shape index (κ3) is 4.44. The van der Waals surface area contributed by atoms with Crippen molar-refractivity contribution in [3.05, 3.63) is 17.5 Å². The molecular formula is C14H22N2O3S. The van der Waals surface area contributed by atoms with E-state index in [2.05, 4.69) is 17.4 Å². The summed E-state index contributed by atoms with van der Waals surface area (Å²) in [5.41, 5.74) is 0.639. The van der Waals surface area contributed by atoms with Crippen molar-refractivity contribution in [2.45, 2.75) is 51.3 Å². The van der Waals surface area contributed by atoms with Gasteiger partial charge in [0.05, 0.1) is 11.4 Å². The number of hydrogen-bond donors (Lipinski definition) is 1. The minimum atomic E-state index is -1.24. The summed E-state index contributed by atoms with van der Waals surface area (Å²) in [5, 5.41) is 6.81. The molecule has 20 heavy (non-hydrogen) atoms. The summed E-state index contributed by atoms with van der Waals surface area (Å²) >= 11 is 0. The van der Waals surface area contributed by atoms with Gasteiger partial charge in [-0.15, -0.1) is 0 Å². The summed E-state index contributed by atoms with van der Waals surface area (Å²) in [7, 11) is -1.24. The molecule has 6 heteroatoms. The third-order valence-corrected chi connectivity index (χ3v) is 4.94. The second kappa shape index (κ2) is 7.02. The first kappa shape index (κ1) is 15.2. The van der Waals surface area contributed by atoms with Gasteiger partial charge in [-0.2, -0.15) is 0 Å². The number of nitrogens with one attached hydrogen (secondary N) is 1. The maximum Gasteiger partial charge on any atom is 0.232 e. The topological polar surface area (TPSA) is 72.2 Å². The molecule has 3 atom stereocenters. The van der Waals surface area contributed by atoms with Crippen LogP contribution in [-0.4, -0.2) is 27.1 Å². The van der Waals surface area contributed by atoms with Crippen LogP contribution in [0.15, 0.2) is 10.6 Å². The molecule has 5 nitrogen and oxygen atoms in total. The van der Waals surface area contributed by atoms with E-state index in [1.54, 1.807) is 13.0 Å². The van der Waals surface area contributed by atoms with Crippen LogP contribution in [0.1, 0.15) is 44.1 Å². The Morgan fingerprint density at radius 3 is 2.90 bits per heavy atom. The van der Waals surface area contributed by atoms with Crippen LogP contribution in [-0.2, 0) is 21.3 Å². The molecule has 1 aliphatic rings. The highest BCUT2D eigenvalue weighted by atomic mass is 32.2. The number of hydrogen-bond acceptors (Lipinski definition) is 4. The van der Waals surface area contributed by atoms with Crippen LogP contribution in [0.3, 0.4) is 0 Å². The molecular weight excluding hydrogens is 276 g/mol. The minimum absolute atomic E-state index is 0.0368. The lowest BCUT2D eigenvalue weighted by molar-refractivity contribution is -0.119. The van der Waals surface area contributed by atoms with E-state index in [0.717, 1.165) is 19.3 Å². The van der Waals surface area contributed by atoms with E-state index in [-0.39, 0.29) is 23.5 Å². The lowest BCUT2D eigenvalue weighted by Crippen LogP contribution is -2.42. The van der Waals surface area contributed by atoms with Gasteiger partial charge in [-0.1, -0.05) is 24.9 Å². The van der Waals surface area contributed by atoms with Gasteiger partial charge >= 0.3 is 0 Å². The first-order chi connectivity index (χ1) is 9.54. The number of carbonyl (C=O) groups is 1. The second-order valence-corrected chi connectivity index (χ2v) is 7.05. The molecule has 1 amide bonds. The highest BCUT2D eigenvalue weighted by Crippen LogP contribution is 2.23. The van der Waals surface area contributed by atoms with Gasteiger partial charge in [-0.3, -0.25) is 9.00 Å². The summed E-state index contributed by atoms with van der Waals surface area (Å²) in [5.74, 6) is 1.39. The molecule has 0 radical (unpaired) electrons. The molecule has 1 saturated carbocycles. The number of aryl methyl sites for hydroxylation is 1. The number of aromatic nitrogens is 1. The van der Waals surface area contributed by atoms with E-state index in [1.165, 1.54) is 6.42 Å². The molecule has 2 rings (SSSR count). The monoisotopic (exact) mass is 298 g/mol. The SMILES string of the molecule is Cc1cc(CS(=O)CC(=O)NC2CCCCC2C)no1. The number of amides is 1. The highest BCUT2D eigenvalue weighted by molar-refractivity contribution is 7.84. The van der Waals surface area contributed by atoms with E-state index < -0.39 is 10.8 Å². The van der Waals surface area contributed by atoms with E-state index in [9.17, 15) is 9.00 Å². The Bertz CT molecular complexity index is 487. The van der Waals surface area contributed by atoms with Crippen LogP contribution in [0.4, 0.5) is 0 Å². The van der Waals surface area contributed by atoms with Crippen molar-refractivity contribution in [3.8, 4) is 0 Å². The molecule has 1 aromatic rings. The molecule has 1 N–H and O–H groups in total. The first-order valence-corrected chi connectivity index (χ1v) is 8.60. The normalized spacial score (nSPS) is 24.3. The fourth-order valence-corrected chi connectivity index (χ4v) is 3.57. The van der Waals surface area contributed by atoms with Gasteiger partial charge in [0, 0.05) is 22.9 Å². The maximum absolute atomic E-state index is 11.9. The average molecular weight is 298 g/mol. The fraction of sp³-hybridized carbons (Fsp3) is 0.714. The molecule has 0 saturated heterocycles. The molecule has 0 aromatic carbocycles. The largest absolute Gasteiger partial charge is 0.361 e. The van der Waals surface area contributed by atoms with Crippen LogP contribution >= 0.6 is 0 Å². The van der Waals surface area contributed by atoms with Crippen molar-refractivity contribution >= 4 is 16.7 Å². The zero-order chi connectivity index (χ0) is 14.5. The first-order valence-electron chi connectivity index (χ1n) is 7.11. The van der Waals surface area contributed by atoms with Crippen LogP contribution in [0, 0.1) is 12.8 Å². The molecule has 1 fully saturated rings. The van der Waals surface area contributed by atoms with Crippen LogP contribution in [0.25, 0.3) is 0 Å². The summed E-state index contributed by atoms with van der Waals surface area (Å²) in [4.78, 5) is 11.9. The van der Waals surface area contributed by atoms with Crippen molar-refractivity contribution in [2.75, 3.05) is 5.75 Å². The number of nitrogens with zero attached hydrogens (tertiary/aromatic N) is 1. The summed E-state index contributed by atoms with van der Waals surface area (Å²) in [6, 6.07) is 1.99. The van der Waals surface area contributed by atoms with E-state index >= 15 is 0 Å². The molecule has 1 aliphatic carbocycles. The highest BCUT2D eigenvalue weighted by Gasteiger charge is 2.23. The molecule has 1 aromatic heterocycles. The van der Waals surface area contributed by atoms with Gasteiger partial charge in [0.2, 0.25) is 5.91 Å². The van der Waals surface area contributed by atoms with Gasteiger partial charge < -0.3 is 9.84 Å². The fourth-order valence-electron chi connectivity index (χ4n) is 2.63. The van der Waals surface area contributed by atoms with Gasteiger partial charge in [0.25, 0.3) is 0 Å². The van der Waals surface area contributed by atoms with Crippen molar-refractivity contribution < 1.29 is 13.5 Å². The Morgan fingerprint density at radius 1 is 1.50 bits per heavy atom. The van der Waals surface area contributed by atoms with Gasteiger partial charge in [0.1, 0.15) is 11.5 Å². The quantitative estimate of drug-likeness (QED) is 0.901. The predicted molar refractivity (Wildman–Crippen MR) is 77.5 cm³/mol. The van der Waals surface area contributed by atoms with Crippen LogP contribution in [0.2, 0.25) is 0 Å². The van der Waals surface area contributed by atoms with E-state index in [0.29, 0.717) is 17.4 Å². The average Bonchev–Trinajstić information content (AvgIpc) is 2.77. The number of carbonyl (C=O) groups excluding carboxylic acids is 1. The van der Waals surface area contributed by atoms with Gasteiger partial charge in [0.15, 0.2) is 0 Å². The smallest absolute Gasteiger partial charge is 0.232 e. The Balaban J connectivity index is 1.77. The molecule has 0 spiro atoms. The van der Waals surface area contributed by atoms with E-state index in [4.69, 9.17) is 4.52 Å². The minimum Gasteiger partial charge on any atom is -0.361 e. The Morgan fingerprint density at radius 2 is 2.25 bits per heavy atom. The van der Waals surface area contributed by atoms with E-state index in [1.807, 2.05) is 0 Å². The Kier molecular flexibility index (Phi) is 5.34. The van der Waals surface area contributed by atoms with Crippen molar-refractivity contribution in [1.29, 1.82) is 0 Å². The molecule has 3 unspecified atom stereocenters. The van der Waals surface area contributed by atoms with Crippen molar-refractivity contribution in [2.24, 2.45) is 5.92 Å². The molecule has 112 valence electrons. The van der Waals surface area contributed by atoms with Gasteiger partial charge in [-0.25, -0.2) is 0 Å². The summed E-state index contributed by atoms with van der Waals surface area (Å²) in [6.07, 6.45) is 4.59. The Hall–Kier alpha value is -1.17. The number of rotatable bonds is 5. The van der Waals surface area contributed by atoms with Crippen molar-refractivity contribution in [3.63, 3.8) is 0 Å². The zero-order valence-electron chi connectivity index (χ0n) is 12.1. The molecule has 0 aliphatic heterocycles. The summed E-state index contributed by atoms with van der Waals surface area (Å²) in [6.45, 7) is 3.95. The van der Waals surface area contributed by atoms with Crippen molar-refractivity contribution in [1.82, 2.24) is 10.5 Å². The Labute approximate surface area is 121 Å². The standard InChI is InChI=1S/C14H22N2O3S/c1-10-5-3-4-6-13(10)15-14(17)9-20(18)8-12-7-11(2)19-16-12/h7,10,13H,3-6,8-9H2,1-2H3,(H,15,17). The lowest BCUT2D eigenvalue weighted by Gasteiger charge is -2.29. The van der Waals surface area contributed by atoms with Crippen LogP contribution < -0.4 is 5.32 Å². The summed E-state index contributed by atoms with van der Waals surface area (Å²) < 4.78 is 16.8. The predicted octanol–water partition coefficient (Wildman–Crippen LogP) is 1.93. The lowest BCUT2D eigenvalue weighted by atomic mass is 9.86. The van der Waals surface area contributed by atoms with Gasteiger partial charge in [-0.05, 0) is 25.7 Å². The maximum atomic E-state index is 11.9.